The van der Waals surface area contributed by atoms with Crippen molar-refractivity contribution in [2.75, 3.05) is 16.4 Å². The molecule has 0 fully saturated rings. The number of pyridine rings is 1. The Morgan fingerprint density at radius 1 is 1.08 bits per heavy atom. The number of nitrogen functional groups attached to an aromatic ring is 1. The second-order valence-corrected chi connectivity index (χ2v) is 5.77. The lowest BCUT2D eigenvalue weighted by Crippen LogP contribution is -2.15. The minimum absolute atomic E-state index is 0.205. The molecule has 2 aromatic heterocycles. The fourth-order valence-electron chi connectivity index (χ4n) is 2.41. The lowest BCUT2D eigenvalue weighted by molar-refractivity contribution is -0.114. The largest absolute Gasteiger partial charge is 0.397 e. The predicted octanol–water partition coefficient (Wildman–Crippen LogP) is 2.27. The Balaban J connectivity index is 1.79. The fraction of sp³-hybridized carbons (Fsp3) is 0.111. The van der Waals surface area contributed by atoms with Gasteiger partial charge in [-0.25, -0.2) is 4.98 Å². The van der Waals surface area contributed by atoms with Gasteiger partial charge in [-0.15, -0.1) is 0 Å². The molecule has 0 aliphatic heterocycles. The van der Waals surface area contributed by atoms with Gasteiger partial charge in [0.25, 0.3) is 5.91 Å². The summed E-state index contributed by atoms with van der Waals surface area (Å²) in [7, 11) is 1.83. The summed E-state index contributed by atoms with van der Waals surface area (Å²) in [6.07, 6.45) is 5.03. The Morgan fingerprint density at radius 2 is 1.88 bits per heavy atom. The number of hydrogen-bond donors (Lipinski definition) is 3. The van der Waals surface area contributed by atoms with Crippen LogP contribution in [-0.2, 0) is 11.8 Å². The van der Waals surface area contributed by atoms with E-state index in [4.69, 9.17) is 5.73 Å². The molecule has 1 aromatic carbocycles. The molecular weight excluding hydrogens is 332 g/mol. The number of carbonyl (C=O) groups is 2. The van der Waals surface area contributed by atoms with E-state index in [1.165, 1.54) is 19.2 Å². The van der Waals surface area contributed by atoms with Crippen molar-refractivity contribution < 1.29 is 9.59 Å². The standard InChI is InChI=1S/C18H18N6O2/c1-11(25)22-14-4-6-16(20-9-14)18(26)23-17-7-12(3-5-15(17)19)13-8-21-24(2)10-13/h3-10H,19H2,1-2H3,(H,22,25)(H,23,26). The molecule has 132 valence electrons. The lowest BCUT2D eigenvalue weighted by atomic mass is 10.1. The minimum atomic E-state index is -0.394. The number of amides is 2. The average Bonchev–Trinajstić information content (AvgIpc) is 3.03. The first kappa shape index (κ1) is 17.2. The van der Waals surface area contributed by atoms with Crippen LogP contribution in [0.4, 0.5) is 17.1 Å². The molecule has 0 saturated carbocycles. The van der Waals surface area contributed by atoms with E-state index in [1.54, 1.807) is 29.1 Å². The van der Waals surface area contributed by atoms with E-state index in [0.29, 0.717) is 17.1 Å². The molecule has 8 nitrogen and oxygen atoms in total. The number of anilines is 3. The van der Waals surface area contributed by atoms with Gasteiger partial charge in [0.2, 0.25) is 5.91 Å². The highest BCUT2D eigenvalue weighted by atomic mass is 16.2. The summed E-state index contributed by atoms with van der Waals surface area (Å²) in [6, 6.07) is 8.52. The summed E-state index contributed by atoms with van der Waals surface area (Å²) in [6.45, 7) is 1.40. The van der Waals surface area contributed by atoms with E-state index in [1.807, 2.05) is 19.3 Å². The fourth-order valence-corrected chi connectivity index (χ4v) is 2.41. The summed E-state index contributed by atoms with van der Waals surface area (Å²) in [4.78, 5) is 27.5. The molecule has 2 amide bonds. The number of aryl methyl sites for hydroxylation is 1. The van der Waals surface area contributed by atoms with Crippen LogP contribution in [0.2, 0.25) is 0 Å². The molecule has 0 aliphatic carbocycles. The third-order valence-electron chi connectivity index (χ3n) is 3.66. The molecule has 26 heavy (non-hydrogen) atoms. The van der Waals surface area contributed by atoms with Gasteiger partial charge in [-0.2, -0.15) is 5.10 Å². The maximum Gasteiger partial charge on any atom is 0.274 e. The summed E-state index contributed by atoms with van der Waals surface area (Å²) >= 11 is 0. The van der Waals surface area contributed by atoms with Gasteiger partial charge in [-0.3, -0.25) is 14.3 Å². The zero-order valence-corrected chi connectivity index (χ0v) is 14.4. The molecule has 8 heteroatoms. The predicted molar refractivity (Wildman–Crippen MR) is 99.6 cm³/mol. The van der Waals surface area contributed by atoms with E-state index < -0.39 is 5.91 Å². The smallest absolute Gasteiger partial charge is 0.274 e. The van der Waals surface area contributed by atoms with Gasteiger partial charge in [0.05, 0.1) is 29.5 Å². The van der Waals surface area contributed by atoms with E-state index in [9.17, 15) is 9.59 Å². The zero-order chi connectivity index (χ0) is 18.7. The second kappa shape index (κ2) is 7.06. The number of nitrogens with one attached hydrogen (secondary N) is 2. The first-order valence-corrected chi connectivity index (χ1v) is 7.86. The van der Waals surface area contributed by atoms with Crippen LogP contribution >= 0.6 is 0 Å². The van der Waals surface area contributed by atoms with E-state index in [-0.39, 0.29) is 11.6 Å². The van der Waals surface area contributed by atoms with Crippen molar-refractivity contribution in [3.63, 3.8) is 0 Å². The zero-order valence-electron chi connectivity index (χ0n) is 14.4. The Kier molecular flexibility index (Phi) is 4.66. The van der Waals surface area contributed by atoms with Crippen molar-refractivity contribution in [3.8, 4) is 11.1 Å². The number of nitrogens with zero attached hydrogens (tertiary/aromatic N) is 3. The summed E-state index contributed by atoms with van der Waals surface area (Å²) in [5, 5.41) is 9.50. The monoisotopic (exact) mass is 350 g/mol. The molecule has 0 radical (unpaired) electrons. The Bertz CT molecular complexity index is 962. The third-order valence-corrected chi connectivity index (χ3v) is 3.66. The van der Waals surface area contributed by atoms with E-state index in [0.717, 1.165) is 11.1 Å². The van der Waals surface area contributed by atoms with Crippen LogP contribution in [-0.4, -0.2) is 26.6 Å². The topological polar surface area (TPSA) is 115 Å². The number of rotatable bonds is 4. The molecule has 0 spiro atoms. The van der Waals surface area contributed by atoms with Crippen molar-refractivity contribution in [3.05, 3.63) is 54.6 Å². The molecule has 4 N–H and O–H groups in total. The van der Waals surface area contributed by atoms with Gasteiger partial charge >= 0.3 is 0 Å². The van der Waals surface area contributed by atoms with Gasteiger partial charge in [0.15, 0.2) is 0 Å². The second-order valence-electron chi connectivity index (χ2n) is 5.77. The van der Waals surface area contributed by atoms with Crippen LogP contribution in [0, 0.1) is 0 Å². The molecule has 0 atom stereocenters. The van der Waals surface area contributed by atoms with Crippen molar-refractivity contribution in [1.82, 2.24) is 14.8 Å². The van der Waals surface area contributed by atoms with Crippen LogP contribution < -0.4 is 16.4 Å². The van der Waals surface area contributed by atoms with Crippen molar-refractivity contribution in [2.24, 2.45) is 7.05 Å². The molecule has 3 rings (SSSR count). The SMILES string of the molecule is CC(=O)Nc1ccc(C(=O)Nc2cc(-c3cnn(C)c3)ccc2N)nc1. The number of hydrogen-bond acceptors (Lipinski definition) is 5. The highest BCUT2D eigenvalue weighted by molar-refractivity contribution is 6.05. The maximum atomic E-state index is 12.4. The van der Waals surface area contributed by atoms with Crippen LogP contribution in [0.25, 0.3) is 11.1 Å². The minimum Gasteiger partial charge on any atom is -0.397 e. The van der Waals surface area contributed by atoms with Crippen LogP contribution in [0.3, 0.4) is 0 Å². The molecular formula is C18H18N6O2. The van der Waals surface area contributed by atoms with Crippen molar-refractivity contribution in [1.29, 1.82) is 0 Å². The Hall–Kier alpha value is -3.68. The maximum absolute atomic E-state index is 12.4. The van der Waals surface area contributed by atoms with Crippen molar-refractivity contribution in [2.45, 2.75) is 6.92 Å². The molecule has 0 aliphatic rings. The molecule has 2 heterocycles. The normalized spacial score (nSPS) is 10.4. The van der Waals surface area contributed by atoms with Gasteiger partial charge in [-0.05, 0) is 29.8 Å². The third kappa shape index (κ3) is 3.86. The summed E-state index contributed by atoms with van der Waals surface area (Å²) in [5.41, 5.74) is 9.45. The first-order valence-electron chi connectivity index (χ1n) is 7.86. The van der Waals surface area contributed by atoms with Crippen LogP contribution in [0.15, 0.2) is 48.9 Å². The Labute approximate surface area is 150 Å². The first-order chi connectivity index (χ1) is 12.4. The van der Waals surface area contributed by atoms with Gasteiger partial charge in [0, 0.05) is 25.7 Å². The van der Waals surface area contributed by atoms with E-state index in [2.05, 4.69) is 20.7 Å². The van der Waals surface area contributed by atoms with Gasteiger partial charge < -0.3 is 16.4 Å². The summed E-state index contributed by atoms with van der Waals surface area (Å²) in [5.74, 6) is -0.599. The average molecular weight is 350 g/mol. The number of carbonyl (C=O) groups excluding carboxylic acids is 2. The Morgan fingerprint density at radius 3 is 2.50 bits per heavy atom. The lowest BCUT2D eigenvalue weighted by Gasteiger charge is -2.10. The molecule has 0 saturated heterocycles. The highest BCUT2D eigenvalue weighted by Gasteiger charge is 2.11. The molecule has 0 unspecified atom stereocenters. The molecule has 3 aromatic rings. The molecule has 0 bridgehead atoms. The van der Waals surface area contributed by atoms with E-state index >= 15 is 0 Å². The van der Waals surface area contributed by atoms with Crippen molar-refractivity contribution >= 4 is 28.9 Å². The van der Waals surface area contributed by atoms with Crippen LogP contribution in [0.1, 0.15) is 17.4 Å². The quantitative estimate of drug-likeness (QED) is 0.624. The highest BCUT2D eigenvalue weighted by Crippen LogP contribution is 2.27. The number of aromatic nitrogens is 3. The summed E-state index contributed by atoms with van der Waals surface area (Å²) < 4.78 is 1.70. The number of benzene rings is 1. The van der Waals surface area contributed by atoms with Gasteiger partial charge in [0.1, 0.15) is 5.69 Å². The van der Waals surface area contributed by atoms with Crippen LogP contribution in [0.5, 0.6) is 0 Å². The number of nitrogens with two attached hydrogens (primary N) is 1. The van der Waals surface area contributed by atoms with Gasteiger partial charge in [-0.1, -0.05) is 6.07 Å².